The van der Waals surface area contributed by atoms with Crippen LogP contribution in [0.4, 0.5) is 0 Å². The lowest BCUT2D eigenvalue weighted by atomic mass is 10.3. The monoisotopic (exact) mass is 216 g/mol. The van der Waals surface area contributed by atoms with Crippen molar-refractivity contribution in [2.45, 2.75) is 37.5 Å². The van der Waals surface area contributed by atoms with E-state index in [-0.39, 0.29) is 5.03 Å². The van der Waals surface area contributed by atoms with Gasteiger partial charge < -0.3 is 4.57 Å². The van der Waals surface area contributed by atoms with Gasteiger partial charge in [-0.25, -0.2) is 13.4 Å². The summed E-state index contributed by atoms with van der Waals surface area (Å²) in [7, 11) is -1.53. The summed E-state index contributed by atoms with van der Waals surface area (Å²) >= 11 is 0. The molecule has 0 N–H and O–H groups in total. The number of hydrogen-bond donors (Lipinski definition) is 0. The van der Waals surface area contributed by atoms with Crippen LogP contribution in [-0.2, 0) is 16.9 Å². The van der Waals surface area contributed by atoms with Crippen molar-refractivity contribution in [1.82, 2.24) is 9.55 Å². The third kappa shape index (κ3) is 1.68. The highest BCUT2D eigenvalue weighted by molar-refractivity contribution is 7.92. The number of imidazole rings is 1. The zero-order chi connectivity index (χ0) is 11.1. The van der Waals surface area contributed by atoms with Crippen LogP contribution in [0.1, 0.15) is 26.6 Å². The van der Waals surface area contributed by atoms with E-state index in [1.54, 1.807) is 45.5 Å². The van der Waals surface area contributed by atoms with Gasteiger partial charge in [0.05, 0.1) is 4.75 Å². The van der Waals surface area contributed by atoms with Crippen LogP contribution in [-0.4, -0.2) is 22.7 Å². The fraction of sp³-hybridized carbons (Fsp3) is 0.667. The summed E-state index contributed by atoms with van der Waals surface area (Å²) in [6, 6.07) is 0. The van der Waals surface area contributed by atoms with E-state index in [4.69, 9.17) is 0 Å². The maximum absolute atomic E-state index is 11.9. The predicted octanol–water partition coefficient (Wildman–Crippen LogP) is 1.30. The van der Waals surface area contributed by atoms with Crippen molar-refractivity contribution in [1.29, 1.82) is 0 Å². The number of aromatic nitrogens is 2. The third-order valence-corrected chi connectivity index (χ3v) is 4.53. The molecule has 0 aliphatic carbocycles. The van der Waals surface area contributed by atoms with Crippen LogP contribution in [0.3, 0.4) is 0 Å². The number of aryl methyl sites for hydroxylation is 2. The molecule has 0 fully saturated rings. The van der Waals surface area contributed by atoms with E-state index in [2.05, 4.69) is 4.98 Å². The Morgan fingerprint density at radius 2 is 1.86 bits per heavy atom. The fourth-order valence-electron chi connectivity index (χ4n) is 0.969. The lowest BCUT2D eigenvalue weighted by Crippen LogP contribution is -2.28. The second-order valence-corrected chi connectivity index (χ2v) is 7.00. The molecule has 0 bridgehead atoms. The van der Waals surface area contributed by atoms with E-state index in [0.29, 0.717) is 5.82 Å². The number of rotatable bonds is 1. The van der Waals surface area contributed by atoms with Gasteiger partial charge in [-0.2, -0.15) is 0 Å². The van der Waals surface area contributed by atoms with Gasteiger partial charge in [-0.1, -0.05) is 0 Å². The summed E-state index contributed by atoms with van der Waals surface area (Å²) in [5, 5.41) is 0.157. The summed E-state index contributed by atoms with van der Waals surface area (Å²) in [5.74, 6) is 0.702. The third-order valence-electron chi connectivity index (χ3n) is 2.17. The first kappa shape index (κ1) is 11.2. The summed E-state index contributed by atoms with van der Waals surface area (Å²) < 4.78 is 24.8. The Kier molecular flexibility index (Phi) is 2.48. The van der Waals surface area contributed by atoms with Crippen molar-refractivity contribution >= 4 is 9.84 Å². The van der Waals surface area contributed by atoms with Crippen LogP contribution >= 0.6 is 0 Å². The maximum atomic E-state index is 11.9. The minimum atomic E-state index is -3.31. The van der Waals surface area contributed by atoms with Gasteiger partial charge >= 0.3 is 0 Å². The highest BCUT2D eigenvalue weighted by Gasteiger charge is 2.33. The number of nitrogens with zero attached hydrogens (tertiary/aromatic N) is 2. The lowest BCUT2D eigenvalue weighted by molar-refractivity contribution is 0.556. The van der Waals surface area contributed by atoms with Crippen molar-refractivity contribution in [3.05, 3.63) is 12.0 Å². The molecule has 14 heavy (non-hydrogen) atoms. The molecular weight excluding hydrogens is 200 g/mol. The Balaban J connectivity index is 3.32. The zero-order valence-corrected chi connectivity index (χ0v) is 10.0. The van der Waals surface area contributed by atoms with Crippen molar-refractivity contribution < 1.29 is 8.42 Å². The molecule has 1 aromatic rings. The van der Waals surface area contributed by atoms with Gasteiger partial charge in [0.25, 0.3) is 0 Å². The molecule has 0 spiro atoms. The van der Waals surface area contributed by atoms with Crippen molar-refractivity contribution in [3.8, 4) is 0 Å². The first-order chi connectivity index (χ1) is 6.16. The molecule has 0 amide bonds. The standard InChI is InChI=1S/C9H16N2O2S/c1-7-10-8(6-11(7)5)14(12,13)9(2,3)4/h6H,1-5H3. The van der Waals surface area contributed by atoms with Gasteiger partial charge in [0.2, 0.25) is 9.84 Å². The van der Waals surface area contributed by atoms with Gasteiger partial charge in [-0.15, -0.1) is 0 Å². The van der Waals surface area contributed by atoms with Crippen molar-refractivity contribution in [2.24, 2.45) is 7.05 Å². The molecule has 0 radical (unpaired) electrons. The van der Waals surface area contributed by atoms with Gasteiger partial charge in [0.15, 0.2) is 5.03 Å². The molecule has 5 heteroatoms. The van der Waals surface area contributed by atoms with Crippen LogP contribution in [0.5, 0.6) is 0 Å². The van der Waals surface area contributed by atoms with Gasteiger partial charge in [-0.05, 0) is 27.7 Å². The molecule has 0 saturated heterocycles. The molecule has 0 atom stereocenters. The van der Waals surface area contributed by atoms with Crippen molar-refractivity contribution in [2.75, 3.05) is 0 Å². The average Bonchev–Trinajstić information content (AvgIpc) is 2.30. The minimum absolute atomic E-state index is 0.157. The molecule has 0 aromatic carbocycles. The molecule has 0 aliphatic heterocycles. The Morgan fingerprint density at radius 3 is 2.14 bits per heavy atom. The smallest absolute Gasteiger partial charge is 0.202 e. The van der Waals surface area contributed by atoms with Gasteiger partial charge in [0.1, 0.15) is 5.82 Å². The molecule has 0 aliphatic rings. The summed E-state index contributed by atoms with van der Waals surface area (Å²) in [6.45, 7) is 6.80. The Labute approximate surface area is 84.9 Å². The molecule has 80 valence electrons. The van der Waals surface area contributed by atoms with Crippen LogP contribution in [0, 0.1) is 6.92 Å². The normalized spacial score (nSPS) is 13.2. The second kappa shape index (κ2) is 3.08. The van der Waals surface area contributed by atoms with E-state index in [1.807, 2.05) is 0 Å². The molecule has 1 heterocycles. The quantitative estimate of drug-likeness (QED) is 0.711. The predicted molar refractivity (Wildman–Crippen MR) is 54.9 cm³/mol. The van der Waals surface area contributed by atoms with E-state index < -0.39 is 14.6 Å². The zero-order valence-electron chi connectivity index (χ0n) is 9.20. The molecule has 0 unspecified atom stereocenters. The Hall–Kier alpha value is -0.840. The van der Waals surface area contributed by atoms with E-state index >= 15 is 0 Å². The topological polar surface area (TPSA) is 52.0 Å². The van der Waals surface area contributed by atoms with Crippen LogP contribution < -0.4 is 0 Å². The highest BCUT2D eigenvalue weighted by atomic mass is 32.2. The summed E-state index contributed by atoms with van der Waals surface area (Å²) in [4.78, 5) is 4.02. The Bertz CT molecular complexity index is 418. The summed E-state index contributed by atoms with van der Waals surface area (Å²) in [6.07, 6.45) is 1.55. The van der Waals surface area contributed by atoms with Gasteiger partial charge in [0, 0.05) is 13.2 Å². The van der Waals surface area contributed by atoms with E-state index in [9.17, 15) is 8.42 Å². The van der Waals surface area contributed by atoms with Crippen LogP contribution in [0.2, 0.25) is 0 Å². The number of sulfone groups is 1. The van der Waals surface area contributed by atoms with Gasteiger partial charge in [-0.3, -0.25) is 0 Å². The molecule has 1 rings (SSSR count). The molecule has 0 saturated carbocycles. The largest absolute Gasteiger partial charge is 0.337 e. The highest BCUT2D eigenvalue weighted by Crippen LogP contribution is 2.23. The first-order valence-electron chi connectivity index (χ1n) is 4.41. The van der Waals surface area contributed by atoms with E-state index in [1.165, 1.54) is 0 Å². The van der Waals surface area contributed by atoms with E-state index in [0.717, 1.165) is 0 Å². The fourth-order valence-corrected chi connectivity index (χ4v) is 2.15. The van der Waals surface area contributed by atoms with Crippen LogP contribution in [0.15, 0.2) is 11.2 Å². The van der Waals surface area contributed by atoms with Crippen LogP contribution in [0.25, 0.3) is 0 Å². The summed E-state index contributed by atoms with van der Waals surface area (Å²) in [5.41, 5.74) is 0. The first-order valence-corrected chi connectivity index (χ1v) is 5.89. The lowest BCUT2D eigenvalue weighted by Gasteiger charge is -2.16. The molecule has 1 aromatic heterocycles. The maximum Gasteiger partial charge on any atom is 0.202 e. The molecular formula is C9H16N2O2S. The Morgan fingerprint density at radius 1 is 1.36 bits per heavy atom. The SMILES string of the molecule is Cc1nc(S(=O)(=O)C(C)(C)C)cn1C. The van der Waals surface area contributed by atoms with Crippen molar-refractivity contribution in [3.63, 3.8) is 0 Å². The minimum Gasteiger partial charge on any atom is -0.337 e. The average molecular weight is 216 g/mol. The number of hydrogen-bond acceptors (Lipinski definition) is 3. The molecule has 4 nitrogen and oxygen atoms in total. The second-order valence-electron chi connectivity index (χ2n) is 4.35.